The molecule has 0 spiro atoms. The van der Waals surface area contributed by atoms with Crippen molar-refractivity contribution in [1.29, 1.82) is 0 Å². The number of nitrogens with zero attached hydrogens (tertiary/aromatic N) is 2. The Morgan fingerprint density at radius 2 is 2.20 bits per heavy atom. The number of hydrogen-bond donors (Lipinski definition) is 1. The van der Waals surface area contributed by atoms with E-state index < -0.39 is 11.9 Å². The Morgan fingerprint density at radius 3 is 2.60 bits per heavy atom. The van der Waals surface area contributed by atoms with Crippen molar-refractivity contribution in [2.24, 2.45) is 7.05 Å². The van der Waals surface area contributed by atoms with Gasteiger partial charge in [-0.2, -0.15) is 18.3 Å². The number of aryl methyl sites for hydroxylation is 1. The molecule has 0 unspecified atom stereocenters. The molecule has 84 valence electrons. The molecule has 0 saturated carbocycles. The largest absolute Gasteiger partial charge is 0.472 e. The SMILES string of the molecule is Cn1nc(C(F)(F)F)cc1OC1CNC1. The smallest absolute Gasteiger partial charge is 0.435 e. The van der Waals surface area contributed by atoms with Crippen LogP contribution in [0.5, 0.6) is 5.88 Å². The van der Waals surface area contributed by atoms with Gasteiger partial charge in [0.25, 0.3) is 0 Å². The molecular weight excluding hydrogens is 211 g/mol. The van der Waals surface area contributed by atoms with Crippen molar-refractivity contribution in [3.05, 3.63) is 11.8 Å². The van der Waals surface area contributed by atoms with E-state index >= 15 is 0 Å². The molecule has 15 heavy (non-hydrogen) atoms. The summed E-state index contributed by atoms with van der Waals surface area (Å²) in [5.41, 5.74) is -0.924. The molecule has 1 aromatic heterocycles. The molecule has 2 heterocycles. The van der Waals surface area contributed by atoms with E-state index in [0.717, 1.165) is 10.7 Å². The molecule has 1 aliphatic heterocycles. The van der Waals surface area contributed by atoms with Gasteiger partial charge in [-0.05, 0) is 0 Å². The maximum Gasteiger partial charge on any atom is 0.435 e. The van der Waals surface area contributed by atoms with Crippen LogP contribution in [0.4, 0.5) is 13.2 Å². The summed E-state index contributed by atoms with van der Waals surface area (Å²) in [6.07, 6.45) is -4.47. The van der Waals surface area contributed by atoms with Crippen molar-refractivity contribution < 1.29 is 17.9 Å². The first-order valence-electron chi connectivity index (χ1n) is 4.45. The molecule has 1 saturated heterocycles. The van der Waals surface area contributed by atoms with Gasteiger partial charge < -0.3 is 10.1 Å². The van der Waals surface area contributed by atoms with Crippen LogP contribution < -0.4 is 10.1 Å². The van der Waals surface area contributed by atoms with Crippen molar-refractivity contribution in [3.8, 4) is 5.88 Å². The van der Waals surface area contributed by atoms with Gasteiger partial charge in [-0.3, -0.25) is 0 Å². The second kappa shape index (κ2) is 3.41. The summed E-state index contributed by atoms with van der Waals surface area (Å²) in [4.78, 5) is 0. The molecule has 0 atom stereocenters. The van der Waals surface area contributed by atoms with E-state index in [1.54, 1.807) is 0 Å². The minimum Gasteiger partial charge on any atom is -0.472 e. The van der Waals surface area contributed by atoms with E-state index in [0.29, 0.717) is 13.1 Å². The lowest BCUT2D eigenvalue weighted by Crippen LogP contribution is -2.50. The summed E-state index contributed by atoms with van der Waals surface area (Å²) in [5.74, 6) is 0.147. The highest BCUT2D eigenvalue weighted by molar-refractivity contribution is 5.18. The van der Waals surface area contributed by atoms with Crippen molar-refractivity contribution in [2.45, 2.75) is 12.3 Å². The highest BCUT2D eigenvalue weighted by atomic mass is 19.4. The van der Waals surface area contributed by atoms with Gasteiger partial charge in [0.1, 0.15) is 6.10 Å². The third kappa shape index (κ3) is 2.06. The standard InChI is InChI=1S/C8H10F3N3O/c1-14-7(15-5-3-12-4-5)2-6(13-14)8(9,10)11/h2,5,12H,3-4H2,1H3. The highest BCUT2D eigenvalue weighted by Crippen LogP contribution is 2.30. The number of rotatable bonds is 2. The van der Waals surface area contributed by atoms with Crippen LogP contribution in [0.25, 0.3) is 0 Å². The average molecular weight is 221 g/mol. The number of ether oxygens (including phenoxy) is 1. The summed E-state index contributed by atoms with van der Waals surface area (Å²) in [5, 5.41) is 6.30. The van der Waals surface area contributed by atoms with Gasteiger partial charge in [-0.15, -0.1) is 0 Å². The molecule has 1 N–H and O–H groups in total. The van der Waals surface area contributed by atoms with Crippen molar-refractivity contribution in [2.75, 3.05) is 13.1 Å². The number of alkyl halides is 3. The maximum atomic E-state index is 12.3. The molecule has 0 radical (unpaired) electrons. The molecule has 1 aliphatic rings. The van der Waals surface area contributed by atoms with E-state index in [4.69, 9.17) is 4.74 Å². The lowest BCUT2D eigenvalue weighted by Gasteiger charge is -2.27. The Kier molecular flexibility index (Phi) is 2.34. The number of halogens is 3. The fourth-order valence-corrected chi connectivity index (χ4v) is 1.22. The fourth-order valence-electron chi connectivity index (χ4n) is 1.22. The lowest BCUT2D eigenvalue weighted by atomic mass is 10.2. The minimum absolute atomic E-state index is 0.0542. The fraction of sp³-hybridized carbons (Fsp3) is 0.625. The topological polar surface area (TPSA) is 39.1 Å². The molecule has 0 aromatic carbocycles. The Bertz CT molecular complexity index is 357. The third-order valence-electron chi connectivity index (χ3n) is 2.16. The molecule has 2 rings (SSSR count). The summed E-state index contributed by atoms with van der Waals surface area (Å²) in [7, 11) is 1.43. The molecular formula is C8H10F3N3O. The molecule has 1 fully saturated rings. The van der Waals surface area contributed by atoms with Crippen LogP contribution in [0.1, 0.15) is 5.69 Å². The van der Waals surface area contributed by atoms with Gasteiger partial charge >= 0.3 is 6.18 Å². The van der Waals surface area contributed by atoms with E-state index in [1.807, 2.05) is 0 Å². The van der Waals surface area contributed by atoms with Gasteiger partial charge in [-0.25, -0.2) is 4.68 Å². The summed E-state index contributed by atoms with van der Waals surface area (Å²) in [6.45, 7) is 1.32. The van der Waals surface area contributed by atoms with E-state index in [9.17, 15) is 13.2 Å². The zero-order chi connectivity index (χ0) is 11.1. The molecule has 1 aromatic rings. The maximum absolute atomic E-state index is 12.3. The second-order valence-corrected chi connectivity index (χ2v) is 3.39. The molecule has 7 heteroatoms. The number of hydrogen-bond acceptors (Lipinski definition) is 3. The third-order valence-corrected chi connectivity index (χ3v) is 2.16. The van der Waals surface area contributed by atoms with E-state index in [2.05, 4.69) is 10.4 Å². The predicted molar refractivity (Wildman–Crippen MR) is 45.5 cm³/mol. The number of nitrogens with one attached hydrogen (secondary N) is 1. The van der Waals surface area contributed by atoms with Crippen molar-refractivity contribution in [3.63, 3.8) is 0 Å². The first kappa shape index (κ1) is 10.3. The quantitative estimate of drug-likeness (QED) is 0.802. The lowest BCUT2D eigenvalue weighted by molar-refractivity contribution is -0.141. The average Bonchev–Trinajstić information content (AvgIpc) is 2.39. The van der Waals surface area contributed by atoms with Crippen LogP contribution in [0.2, 0.25) is 0 Å². The molecule has 4 nitrogen and oxygen atoms in total. The first-order chi connectivity index (χ1) is 6.97. The second-order valence-electron chi connectivity index (χ2n) is 3.39. The first-order valence-corrected chi connectivity index (χ1v) is 4.45. The Morgan fingerprint density at radius 1 is 1.53 bits per heavy atom. The summed E-state index contributed by atoms with van der Waals surface area (Å²) >= 11 is 0. The van der Waals surface area contributed by atoms with E-state index in [1.165, 1.54) is 7.05 Å². The Balaban J connectivity index is 2.13. The highest BCUT2D eigenvalue weighted by Gasteiger charge is 2.35. The molecule has 0 bridgehead atoms. The van der Waals surface area contributed by atoms with Crippen molar-refractivity contribution in [1.82, 2.24) is 15.1 Å². The zero-order valence-electron chi connectivity index (χ0n) is 8.01. The van der Waals surface area contributed by atoms with Crippen LogP contribution in [-0.4, -0.2) is 29.0 Å². The van der Waals surface area contributed by atoms with Gasteiger partial charge in [-0.1, -0.05) is 0 Å². The predicted octanol–water partition coefficient (Wildman–Crippen LogP) is 0.789. The molecule has 0 aliphatic carbocycles. The van der Waals surface area contributed by atoms with Gasteiger partial charge in [0.15, 0.2) is 5.69 Å². The van der Waals surface area contributed by atoms with Crippen LogP contribution in [0, 0.1) is 0 Å². The number of aromatic nitrogens is 2. The van der Waals surface area contributed by atoms with Gasteiger partial charge in [0, 0.05) is 26.2 Å². The summed E-state index contributed by atoms with van der Waals surface area (Å²) < 4.78 is 43.2. The van der Waals surface area contributed by atoms with Crippen LogP contribution >= 0.6 is 0 Å². The van der Waals surface area contributed by atoms with Crippen LogP contribution in [0.3, 0.4) is 0 Å². The minimum atomic E-state index is -4.42. The summed E-state index contributed by atoms with van der Waals surface area (Å²) in [6, 6.07) is 0.915. The van der Waals surface area contributed by atoms with Crippen LogP contribution in [0.15, 0.2) is 6.07 Å². The zero-order valence-corrected chi connectivity index (χ0v) is 8.01. The van der Waals surface area contributed by atoms with Gasteiger partial charge in [0.05, 0.1) is 0 Å². The van der Waals surface area contributed by atoms with Crippen LogP contribution in [-0.2, 0) is 13.2 Å². The van der Waals surface area contributed by atoms with Crippen molar-refractivity contribution >= 4 is 0 Å². The monoisotopic (exact) mass is 221 g/mol. The van der Waals surface area contributed by atoms with E-state index in [-0.39, 0.29) is 12.0 Å². The Labute approximate surface area is 84.0 Å². The molecule has 0 amide bonds. The Hall–Kier alpha value is -1.24. The van der Waals surface area contributed by atoms with Gasteiger partial charge in [0.2, 0.25) is 5.88 Å². The normalized spacial score (nSPS) is 17.6.